The maximum Gasteiger partial charge on any atom is 0.236 e. The van der Waals surface area contributed by atoms with Crippen molar-refractivity contribution >= 4 is 5.91 Å². The van der Waals surface area contributed by atoms with Crippen molar-refractivity contribution in [3.63, 3.8) is 0 Å². The van der Waals surface area contributed by atoms with E-state index in [-0.39, 0.29) is 5.91 Å². The van der Waals surface area contributed by atoms with E-state index in [1.807, 2.05) is 30.0 Å². The minimum atomic E-state index is 0.168. The molecule has 0 atom stereocenters. The molecule has 0 spiro atoms. The van der Waals surface area contributed by atoms with Gasteiger partial charge in [0.2, 0.25) is 5.91 Å². The number of nitrogens with zero attached hydrogens (tertiary/aromatic N) is 2. The molecule has 1 aromatic carbocycles. The molecule has 112 valence electrons. The predicted octanol–water partition coefficient (Wildman–Crippen LogP) is 1.58. The van der Waals surface area contributed by atoms with E-state index in [0.717, 1.165) is 26.1 Å². The molecule has 0 saturated carbocycles. The van der Waals surface area contributed by atoms with Crippen LogP contribution in [0.2, 0.25) is 0 Å². The first-order valence-corrected chi connectivity index (χ1v) is 7.30. The fourth-order valence-corrected chi connectivity index (χ4v) is 2.01. The number of amides is 1. The summed E-state index contributed by atoms with van der Waals surface area (Å²) in [6.07, 6.45) is 1.06. The molecular formula is C16H27N3O. The van der Waals surface area contributed by atoms with Gasteiger partial charge in [0.1, 0.15) is 0 Å². The van der Waals surface area contributed by atoms with Crippen molar-refractivity contribution < 1.29 is 4.79 Å². The molecule has 0 aliphatic rings. The molecule has 1 aromatic rings. The van der Waals surface area contributed by atoms with Gasteiger partial charge in [-0.1, -0.05) is 30.3 Å². The first kappa shape index (κ1) is 16.7. The summed E-state index contributed by atoms with van der Waals surface area (Å²) in [4.78, 5) is 16.2. The first-order chi connectivity index (χ1) is 9.63. The third-order valence-electron chi connectivity index (χ3n) is 3.19. The van der Waals surface area contributed by atoms with Crippen LogP contribution in [0.15, 0.2) is 30.3 Å². The topological polar surface area (TPSA) is 35.6 Å². The second-order valence-electron chi connectivity index (χ2n) is 5.23. The molecule has 20 heavy (non-hydrogen) atoms. The highest BCUT2D eigenvalue weighted by atomic mass is 16.2. The number of carbonyl (C=O) groups is 1. The van der Waals surface area contributed by atoms with E-state index < -0.39 is 0 Å². The highest BCUT2D eigenvalue weighted by molar-refractivity contribution is 5.78. The number of hydrogen-bond acceptors (Lipinski definition) is 3. The van der Waals surface area contributed by atoms with Gasteiger partial charge >= 0.3 is 0 Å². The summed E-state index contributed by atoms with van der Waals surface area (Å²) in [6.45, 7) is 5.80. The summed E-state index contributed by atoms with van der Waals surface area (Å²) >= 11 is 0. The normalized spacial score (nSPS) is 10.8. The molecule has 1 rings (SSSR count). The third kappa shape index (κ3) is 6.68. The van der Waals surface area contributed by atoms with Crippen LogP contribution >= 0.6 is 0 Å². The van der Waals surface area contributed by atoms with Crippen LogP contribution in [0.3, 0.4) is 0 Å². The van der Waals surface area contributed by atoms with E-state index >= 15 is 0 Å². The highest BCUT2D eigenvalue weighted by Gasteiger charge is 2.11. The van der Waals surface area contributed by atoms with Crippen molar-refractivity contribution in [2.75, 3.05) is 40.3 Å². The lowest BCUT2D eigenvalue weighted by atomic mass is 10.2. The van der Waals surface area contributed by atoms with Crippen LogP contribution in [-0.2, 0) is 11.3 Å². The van der Waals surface area contributed by atoms with E-state index in [9.17, 15) is 4.79 Å². The first-order valence-electron chi connectivity index (χ1n) is 7.30. The molecule has 0 unspecified atom stereocenters. The smallest absolute Gasteiger partial charge is 0.236 e. The average Bonchev–Trinajstić information content (AvgIpc) is 2.45. The van der Waals surface area contributed by atoms with Crippen LogP contribution in [0.25, 0.3) is 0 Å². The van der Waals surface area contributed by atoms with Gasteiger partial charge in [-0.3, -0.25) is 4.79 Å². The Bertz CT molecular complexity index is 379. The number of likely N-dealkylation sites (N-methyl/N-ethyl adjacent to an activating group) is 1. The highest BCUT2D eigenvalue weighted by Crippen LogP contribution is 2.04. The number of rotatable bonds is 9. The molecule has 1 amide bonds. The number of hydrogen-bond donors (Lipinski definition) is 1. The minimum absolute atomic E-state index is 0.168. The van der Waals surface area contributed by atoms with E-state index in [0.29, 0.717) is 13.1 Å². The van der Waals surface area contributed by atoms with Gasteiger partial charge in [0.15, 0.2) is 0 Å². The Hall–Kier alpha value is -1.39. The van der Waals surface area contributed by atoms with Crippen molar-refractivity contribution in [3.05, 3.63) is 35.9 Å². The average molecular weight is 277 g/mol. The Morgan fingerprint density at radius 3 is 2.50 bits per heavy atom. The number of carbonyl (C=O) groups excluding carboxylic acids is 1. The maximum absolute atomic E-state index is 12.1. The van der Waals surface area contributed by atoms with Gasteiger partial charge in [0.25, 0.3) is 0 Å². The molecular weight excluding hydrogens is 250 g/mol. The lowest BCUT2D eigenvalue weighted by Gasteiger charge is -2.21. The zero-order valence-electron chi connectivity index (χ0n) is 12.9. The van der Waals surface area contributed by atoms with Crippen LogP contribution in [0.1, 0.15) is 18.9 Å². The van der Waals surface area contributed by atoms with Crippen LogP contribution in [0.4, 0.5) is 0 Å². The van der Waals surface area contributed by atoms with E-state index in [2.05, 4.69) is 36.4 Å². The molecule has 4 heteroatoms. The monoisotopic (exact) mass is 277 g/mol. The molecule has 0 aliphatic carbocycles. The summed E-state index contributed by atoms with van der Waals surface area (Å²) in [7, 11) is 4.12. The lowest BCUT2D eigenvalue weighted by molar-refractivity contribution is -0.130. The van der Waals surface area contributed by atoms with Gasteiger partial charge in [-0.2, -0.15) is 0 Å². The standard InChI is InChI=1S/C16H27N3O/c1-4-19(14-15-9-6-5-7-10-15)16(20)13-17-11-8-12-18(2)3/h5-7,9-10,17H,4,8,11-14H2,1-3H3. The van der Waals surface area contributed by atoms with Crippen LogP contribution in [0.5, 0.6) is 0 Å². The fraction of sp³-hybridized carbons (Fsp3) is 0.562. The molecule has 0 fully saturated rings. The molecule has 0 bridgehead atoms. The number of nitrogens with one attached hydrogen (secondary N) is 1. The molecule has 0 aliphatic heterocycles. The van der Waals surface area contributed by atoms with E-state index in [4.69, 9.17) is 0 Å². The van der Waals surface area contributed by atoms with Gasteiger partial charge in [-0.25, -0.2) is 0 Å². The van der Waals surface area contributed by atoms with Gasteiger partial charge < -0.3 is 15.1 Å². The Kier molecular flexibility index (Phi) is 7.92. The van der Waals surface area contributed by atoms with Crippen LogP contribution < -0.4 is 5.32 Å². The maximum atomic E-state index is 12.1. The molecule has 4 nitrogen and oxygen atoms in total. The van der Waals surface area contributed by atoms with E-state index in [1.54, 1.807) is 0 Å². The van der Waals surface area contributed by atoms with E-state index in [1.165, 1.54) is 5.56 Å². The summed E-state index contributed by atoms with van der Waals surface area (Å²) in [6, 6.07) is 10.1. The summed E-state index contributed by atoms with van der Waals surface area (Å²) < 4.78 is 0. The van der Waals surface area contributed by atoms with Crippen molar-refractivity contribution in [1.82, 2.24) is 15.1 Å². The predicted molar refractivity (Wildman–Crippen MR) is 83.6 cm³/mol. The quantitative estimate of drug-likeness (QED) is 0.696. The Balaban J connectivity index is 2.29. The van der Waals surface area contributed by atoms with Gasteiger partial charge in [-0.15, -0.1) is 0 Å². The molecule has 1 N–H and O–H groups in total. The number of benzene rings is 1. The minimum Gasteiger partial charge on any atom is -0.338 e. The Morgan fingerprint density at radius 2 is 1.90 bits per heavy atom. The summed E-state index contributed by atoms with van der Waals surface area (Å²) in [5.74, 6) is 0.168. The third-order valence-corrected chi connectivity index (χ3v) is 3.19. The second-order valence-corrected chi connectivity index (χ2v) is 5.23. The van der Waals surface area contributed by atoms with Crippen molar-refractivity contribution in [3.8, 4) is 0 Å². The van der Waals surface area contributed by atoms with Gasteiger partial charge in [0, 0.05) is 13.1 Å². The SMILES string of the molecule is CCN(Cc1ccccc1)C(=O)CNCCCN(C)C. The Morgan fingerprint density at radius 1 is 1.20 bits per heavy atom. The molecule has 0 heterocycles. The lowest BCUT2D eigenvalue weighted by Crippen LogP contribution is -2.38. The second kappa shape index (κ2) is 9.50. The molecule has 0 saturated heterocycles. The Labute approximate surface area is 122 Å². The zero-order valence-corrected chi connectivity index (χ0v) is 12.9. The summed E-state index contributed by atoms with van der Waals surface area (Å²) in [5.41, 5.74) is 1.18. The van der Waals surface area contributed by atoms with Gasteiger partial charge in [0.05, 0.1) is 6.54 Å². The largest absolute Gasteiger partial charge is 0.338 e. The van der Waals surface area contributed by atoms with Gasteiger partial charge in [-0.05, 0) is 46.1 Å². The van der Waals surface area contributed by atoms with Crippen molar-refractivity contribution in [1.29, 1.82) is 0 Å². The summed E-state index contributed by atoms with van der Waals surface area (Å²) in [5, 5.41) is 3.22. The van der Waals surface area contributed by atoms with Crippen LogP contribution in [0, 0.1) is 0 Å². The molecule has 0 aromatic heterocycles. The molecule has 0 radical (unpaired) electrons. The zero-order chi connectivity index (χ0) is 14.8. The van der Waals surface area contributed by atoms with Crippen molar-refractivity contribution in [2.24, 2.45) is 0 Å². The van der Waals surface area contributed by atoms with Crippen molar-refractivity contribution in [2.45, 2.75) is 19.9 Å². The van der Waals surface area contributed by atoms with Crippen LogP contribution in [-0.4, -0.2) is 56.0 Å². The fourth-order valence-electron chi connectivity index (χ4n) is 2.01.